The number of imidazole rings is 1. The van der Waals surface area contributed by atoms with E-state index in [9.17, 15) is 19.5 Å². The molecule has 0 unspecified atom stereocenters. The van der Waals surface area contributed by atoms with Crippen molar-refractivity contribution >= 4 is 35.2 Å². The van der Waals surface area contributed by atoms with Crippen molar-refractivity contribution in [1.82, 2.24) is 14.9 Å². The normalized spacial score (nSPS) is 13.2. The van der Waals surface area contributed by atoms with E-state index in [0.717, 1.165) is 12.8 Å². The zero-order valence-corrected chi connectivity index (χ0v) is 15.9. The number of aliphatic hydroxyl groups is 1. The standard InChI is InChI=1S/C18H21N5O4S/c19-17(27)11-1-3-12(4-2-11)22-16(26)10-28-18-20-7-14(9-24)23(18)8-15(25)21-13-5-6-13/h1-4,7,13,24H,5-6,8-10H2,(H2,19,27)(H,21,25)(H,22,26). The number of thioether (sulfide) groups is 1. The third kappa shape index (κ3) is 5.33. The first-order chi connectivity index (χ1) is 13.5. The number of hydrogen-bond acceptors (Lipinski definition) is 6. The highest BCUT2D eigenvalue weighted by atomic mass is 32.2. The van der Waals surface area contributed by atoms with E-state index >= 15 is 0 Å². The minimum Gasteiger partial charge on any atom is -0.390 e. The number of carbonyl (C=O) groups excluding carboxylic acids is 3. The Morgan fingerprint density at radius 2 is 1.93 bits per heavy atom. The Kier molecular flexibility index (Phi) is 6.32. The van der Waals surface area contributed by atoms with Gasteiger partial charge in [0, 0.05) is 17.3 Å². The lowest BCUT2D eigenvalue weighted by Gasteiger charge is -2.11. The highest BCUT2D eigenvalue weighted by Gasteiger charge is 2.24. The molecule has 0 saturated heterocycles. The monoisotopic (exact) mass is 403 g/mol. The van der Waals surface area contributed by atoms with E-state index in [4.69, 9.17) is 5.73 Å². The lowest BCUT2D eigenvalue weighted by atomic mass is 10.2. The van der Waals surface area contributed by atoms with Crippen molar-refractivity contribution in [3.63, 3.8) is 0 Å². The number of benzene rings is 1. The summed E-state index contributed by atoms with van der Waals surface area (Å²) in [5, 5.41) is 15.5. The first-order valence-corrected chi connectivity index (χ1v) is 9.72. The Bertz CT molecular complexity index is 877. The van der Waals surface area contributed by atoms with Crippen molar-refractivity contribution in [3.05, 3.63) is 41.7 Å². The fraction of sp³-hybridized carbons (Fsp3) is 0.333. The van der Waals surface area contributed by atoms with Crippen LogP contribution in [0, 0.1) is 0 Å². The van der Waals surface area contributed by atoms with Gasteiger partial charge in [-0.25, -0.2) is 4.98 Å². The van der Waals surface area contributed by atoms with Crippen LogP contribution in [-0.2, 0) is 22.7 Å². The van der Waals surface area contributed by atoms with Crippen molar-refractivity contribution in [2.24, 2.45) is 5.73 Å². The maximum absolute atomic E-state index is 12.2. The fourth-order valence-electron chi connectivity index (χ4n) is 2.49. The lowest BCUT2D eigenvalue weighted by Crippen LogP contribution is -2.30. The Hall–Kier alpha value is -2.85. The minimum atomic E-state index is -0.536. The number of amides is 3. The van der Waals surface area contributed by atoms with Crippen molar-refractivity contribution in [1.29, 1.82) is 0 Å². The molecule has 1 aromatic heterocycles. The van der Waals surface area contributed by atoms with Crippen LogP contribution in [0.5, 0.6) is 0 Å². The molecule has 2 aromatic rings. The van der Waals surface area contributed by atoms with Gasteiger partial charge in [-0.3, -0.25) is 14.4 Å². The molecule has 0 aliphatic heterocycles. The molecule has 10 heteroatoms. The number of anilines is 1. The van der Waals surface area contributed by atoms with Crippen molar-refractivity contribution in [3.8, 4) is 0 Å². The fourth-order valence-corrected chi connectivity index (χ4v) is 3.29. The maximum Gasteiger partial charge on any atom is 0.248 e. The number of aliphatic hydroxyl groups excluding tert-OH is 1. The first kappa shape index (κ1) is 19.9. The molecular formula is C18H21N5O4S. The van der Waals surface area contributed by atoms with Gasteiger partial charge >= 0.3 is 0 Å². The van der Waals surface area contributed by atoms with Crippen LogP contribution in [0.4, 0.5) is 5.69 Å². The van der Waals surface area contributed by atoms with E-state index in [1.165, 1.54) is 30.1 Å². The van der Waals surface area contributed by atoms with Crippen LogP contribution in [0.25, 0.3) is 0 Å². The number of primary amides is 1. The van der Waals surface area contributed by atoms with Gasteiger partial charge < -0.3 is 26.0 Å². The van der Waals surface area contributed by atoms with E-state index in [2.05, 4.69) is 15.6 Å². The molecule has 0 spiro atoms. The molecule has 1 aromatic carbocycles. The van der Waals surface area contributed by atoms with E-state index < -0.39 is 5.91 Å². The van der Waals surface area contributed by atoms with Gasteiger partial charge in [0.15, 0.2) is 5.16 Å². The summed E-state index contributed by atoms with van der Waals surface area (Å²) in [6, 6.07) is 6.50. The summed E-state index contributed by atoms with van der Waals surface area (Å²) in [4.78, 5) is 39.5. The third-order valence-corrected chi connectivity index (χ3v) is 5.08. The summed E-state index contributed by atoms with van der Waals surface area (Å²) in [5.74, 6) is -0.870. The van der Waals surface area contributed by atoms with Crippen molar-refractivity contribution in [2.75, 3.05) is 11.1 Å². The van der Waals surface area contributed by atoms with Crippen molar-refractivity contribution < 1.29 is 19.5 Å². The van der Waals surface area contributed by atoms with Crippen LogP contribution in [0.2, 0.25) is 0 Å². The molecule has 3 rings (SSSR count). The number of rotatable bonds is 9. The Balaban J connectivity index is 1.57. The number of carbonyl (C=O) groups is 3. The average Bonchev–Trinajstić information content (AvgIpc) is 3.39. The van der Waals surface area contributed by atoms with Crippen LogP contribution >= 0.6 is 11.8 Å². The predicted molar refractivity (Wildman–Crippen MR) is 104 cm³/mol. The van der Waals surface area contributed by atoms with Crippen LogP contribution < -0.4 is 16.4 Å². The molecule has 28 heavy (non-hydrogen) atoms. The van der Waals surface area contributed by atoms with Gasteiger partial charge in [0.05, 0.1) is 24.3 Å². The highest BCUT2D eigenvalue weighted by Crippen LogP contribution is 2.21. The SMILES string of the molecule is NC(=O)c1ccc(NC(=O)CSc2ncc(CO)n2CC(=O)NC2CC2)cc1. The summed E-state index contributed by atoms with van der Waals surface area (Å²) in [5.41, 5.74) is 6.59. The van der Waals surface area contributed by atoms with Gasteiger partial charge in [0.25, 0.3) is 0 Å². The number of nitrogens with zero attached hydrogens (tertiary/aromatic N) is 2. The molecule has 1 aliphatic carbocycles. The molecular weight excluding hydrogens is 382 g/mol. The Labute approximate surface area is 165 Å². The lowest BCUT2D eigenvalue weighted by molar-refractivity contribution is -0.122. The van der Waals surface area contributed by atoms with Gasteiger partial charge in [-0.2, -0.15) is 0 Å². The second-order valence-corrected chi connectivity index (χ2v) is 7.34. The number of hydrogen-bond donors (Lipinski definition) is 4. The van der Waals surface area contributed by atoms with Gasteiger partial charge in [-0.1, -0.05) is 11.8 Å². The van der Waals surface area contributed by atoms with Crippen LogP contribution in [0.15, 0.2) is 35.6 Å². The van der Waals surface area contributed by atoms with Crippen LogP contribution in [0.1, 0.15) is 28.9 Å². The van der Waals surface area contributed by atoms with Gasteiger partial charge in [-0.05, 0) is 37.1 Å². The number of nitrogens with two attached hydrogens (primary N) is 1. The van der Waals surface area contributed by atoms with E-state index in [1.807, 2.05) is 0 Å². The summed E-state index contributed by atoms with van der Waals surface area (Å²) in [7, 11) is 0. The highest BCUT2D eigenvalue weighted by molar-refractivity contribution is 7.99. The molecule has 1 aliphatic rings. The first-order valence-electron chi connectivity index (χ1n) is 8.73. The molecule has 9 nitrogen and oxygen atoms in total. The van der Waals surface area contributed by atoms with Crippen LogP contribution in [-0.4, -0.2) is 44.2 Å². The van der Waals surface area contributed by atoms with Crippen LogP contribution in [0.3, 0.4) is 0 Å². The zero-order chi connectivity index (χ0) is 20.1. The topological polar surface area (TPSA) is 139 Å². The molecule has 0 atom stereocenters. The smallest absolute Gasteiger partial charge is 0.248 e. The van der Waals surface area contributed by atoms with Crippen molar-refractivity contribution in [2.45, 2.75) is 37.2 Å². The largest absolute Gasteiger partial charge is 0.390 e. The Morgan fingerprint density at radius 1 is 1.21 bits per heavy atom. The molecule has 0 bridgehead atoms. The van der Waals surface area contributed by atoms with E-state index in [-0.39, 0.29) is 36.8 Å². The average molecular weight is 403 g/mol. The molecule has 0 radical (unpaired) electrons. The van der Waals surface area contributed by atoms with Gasteiger partial charge in [0.2, 0.25) is 17.7 Å². The predicted octanol–water partition coefficient (Wildman–Crippen LogP) is 0.484. The summed E-state index contributed by atoms with van der Waals surface area (Å²) >= 11 is 1.17. The minimum absolute atomic E-state index is 0.0466. The molecule has 5 N–H and O–H groups in total. The second kappa shape index (κ2) is 8.89. The van der Waals surface area contributed by atoms with E-state index in [1.54, 1.807) is 16.7 Å². The molecule has 1 saturated carbocycles. The Morgan fingerprint density at radius 3 is 2.54 bits per heavy atom. The zero-order valence-electron chi connectivity index (χ0n) is 15.1. The molecule has 3 amide bonds. The summed E-state index contributed by atoms with van der Waals surface area (Å²) < 4.78 is 1.61. The second-order valence-electron chi connectivity index (χ2n) is 6.40. The quantitative estimate of drug-likeness (QED) is 0.449. The maximum atomic E-state index is 12.2. The van der Waals surface area contributed by atoms with E-state index in [0.29, 0.717) is 22.1 Å². The molecule has 1 fully saturated rings. The molecule has 1 heterocycles. The van der Waals surface area contributed by atoms with Gasteiger partial charge in [-0.15, -0.1) is 0 Å². The number of nitrogens with one attached hydrogen (secondary N) is 2. The molecule has 148 valence electrons. The third-order valence-electron chi connectivity index (χ3n) is 4.09. The van der Waals surface area contributed by atoms with Gasteiger partial charge in [0.1, 0.15) is 6.54 Å². The summed E-state index contributed by atoms with van der Waals surface area (Å²) in [6.07, 6.45) is 3.47. The number of aromatic nitrogens is 2. The summed E-state index contributed by atoms with van der Waals surface area (Å²) in [6.45, 7) is -0.201.